The zero-order chi connectivity index (χ0) is 18.1. The molecule has 5 nitrogen and oxygen atoms in total. The Balaban J connectivity index is 0.00000338. The fraction of sp³-hybridized carbons (Fsp3) is 0.316. The number of halogens is 2. The Hall–Kier alpha value is -1.67. The number of nitrogens with two attached hydrogens (primary N) is 1. The van der Waals surface area contributed by atoms with E-state index in [9.17, 15) is 0 Å². The molecular weight excluding hydrogens is 465 g/mol. The molecule has 0 saturated carbocycles. The van der Waals surface area contributed by atoms with Crippen LogP contribution < -0.4 is 20.5 Å². The van der Waals surface area contributed by atoms with Crippen LogP contribution in [0.3, 0.4) is 0 Å². The van der Waals surface area contributed by atoms with Gasteiger partial charge in [-0.2, -0.15) is 0 Å². The number of methoxy groups -OCH3 is 1. The Kier molecular flexibility index (Phi) is 10.2. The normalized spacial score (nSPS) is 10.8. The van der Waals surface area contributed by atoms with Crippen LogP contribution in [0.5, 0.6) is 11.5 Å². The maximum absolute atomic E-state index is 6.10. The fourth-order valence-electron chi connectivity index (χ4n) is 2.18. The van der Waals surface area contributed by atoms with Gasteiger partial charge in [-0.3, -0.25) is 0 Å². The molecule has 0 heterocycles. The van der Waals surface area contributed by atoms with Crippen molar-refractivity contribution in [1.82, 2.24) is 0 Å². The fourth-order valence-corrected chi connectivity index (χ4v) is 2.43. The van der Waals surface area contributed by atoms with Crippen LogP contribution in [0, 0.1) is 0 Å². The van der Waals surface area contributed by atoms with Crippen LogP contribution in [0.1, 0.15) is 25.3 Å². The van der Waals surface area contributed by atoms with Crippen molar-refractivity contribution >= 4 is 47.2 Å². The molecule has 7 heteroatoms. The highest BCUT2D eigenvalue weighted by molar-refractivity contribution is 14.0. The quantitative estimate of drug-likeness (QED) is 0.235. The van der Waals surface area contributed by atoms with Gasteiger partial charge in [-0.05, 0) is 42.3 Å². The first-order chi connectivity index (χ1) is 12.1. The van der Waals surface area contributed by atoms with Gasteiger partial charge in [0.15, 0.2) is 5.96 Å². The van der Waals surface area contributed by atoms with E-state index in [0.717, 1.165) is 36.4 Å². The average Bonchev–Trinajstić information content (AvgIpc) is 2.61. The standard InChI is InChI=1S/C19H24ClN3O2.HI/c1-3-4-10-25-16-7-5-6-14(11-16)13-22-19(21)23-15-8-9-18(24-2)17(20)12-15;/h5-9,11-12H,3-4,10,13H2,1-2H3,(H3,21,22,23);1H. The van der Waals surface area contributed by atoms with Crippen molar-refractivity contribution in [3.05, 3.63) is 53.1 Å². The number of nitrogens with one attached hydrogen (secondary N) is 1. The van der Waals surface area contributed by atoms with Gasteiger partial charge in [-0.1, -0.05) is 37.1 Å². The van der Waals surface area contributed by atoms with Crippen molar-refractivity contribution in [2.24, 2.45) is 10.7 Å². The lowest BCUT2D eigenvalue weighted by molar-refractivity contribution is 0.309. The number of ether oxygens (including phenoxy) is 2. The van der Waals surface area contributed by atoms with Gasteiger partial charge in [0.05, 0.1) is 25.3 Å². The van der Waals surface area contributed by atoms with Gasteiger partial charge in [0.25, 0.3) is 0 Å². The molecular formula is C19H25ClIN3O2. The van der Waals surface area contributed by atoms with Gasteiger partial charge in [-0.15, -0.1) is 24.0 Å². The monoisotopic (exact) mass is 489 g/mol. The summed E-state index contributed by atoms with van der Waals surface area (Å²) >= 11 is 6.10. The van der Waals surface area contributed by atoms with Gasteiger partial charge in [0.2, 0.25) is 0 Å². The van der Waals surface area contributed by atoms with Crippen LogP contribution in [0.15, 0.2) is 47.5 Å². The maximum Gasteiger partial charge on any atom is 0.193 e. The van der Waals surface area contributed by atoms with Crippen molar-refractivity contribution in [2.45, 2.75) is 26.3 Å². The predicted molar refractivity (Wildman–Crippen MR) is 119 cm³/mol. The molecule has 0 amide bonds. The van der Waals surface area contributed by atoms with Gasteiger partial charge in [-0.25, -0.2) is 4.99 Å². The van der Waals surface area contributed by atoms with E-state index in [0.29, 0.717) is 23.3 Å². The highest BCUT2D eigenvalue weighted by Gasteiger charge is 2.03. The third kappa shape index (κ3) is 7.29. The molecule has 0 spiro atoms. The first-order valence-electron chi connectivity index (χ1n) is 8.24. The minimum absolute atomic E-state index is 0. The molecule has 2 rings (SSSR count). The molecule has 0 aliphatic rings. The minimum Gasteiger partial charge on any atom is -0.495 e. The third-order valence-electron chi connectivity index (χ3n) is 3.52. The van der Waals surface area contributed by atoms with Crippen LogP contribution in [0.25, 0.3) is 0 Å². The largest absolute Gasteiger partial charge is 0.495 e. The van der Waals surface area contributed by atoms with E-state index in [1.807, 2.05) is 30.3 Å². The summed E-state index contributed by atoms with van der Waals surface area (Å²) in [5, 5.41) is 3.53. The summed E-state index contributed by atoms with van der Waals surface area (Å²) in [4.78, 5) is 4.35. The van der Waals surface area contributed by atoms with E-state index >= 15 is 0 Å². The number of hydrogen-bond donors (Lipinski definition) is 2. The third-order valence-corrected chi connectivity index (χ3v) is 3.82. The van der Waals surface area contributed by atoms with Gasteiger partial charge < -0.3 is 20.5 Å². The molecule has 0 atom stereocenters. The number of unbranched alkanes of at least 4 members (excludes halogenated alkanes) is 1. The van der Waals surface area contributed by atoms with E-state index in [1.54, 1.807) is 19.2 Å². The molecule has 0 aromatic heterocycles. The van der Waals surface area contributed by atoms with Crippen molar-refractivity contribution in [3.8, 4) is 11.5 Å². The second-order valence-corrected chi connectivity index (χ2v) is 5.93. The van der Waals surface area contributed by atoms with Crippen molar-refractivity contribution < 1.29 is 9.47 Å². The van der Waals surface area contributed by atoms with Gasteiger partial charge in [0.1, 0.15) is 11.5 Å². The molecule has 0 unspecified atom stereocenters. The van der Waals surface area contributed by atoms with Crippen LogP contribution in [-0.4, -0.2) is 19.7 Å². The Morgan fingerprint density at radius 3 is 2.73 bits per heavy atom. The van der Waals surface area contributed by atoms with Gasteiger partial charge in [0, 0.05) is 5.69 Å². The van der Waals surface area contributed by atoms with Crippen molar-refractivity contribution in [2.75, 3.05) is 19.0 Å². The summed E-state index contributed by atoms with van der Waals surface area (Å²) in [5.74, 6) is 1.79. The second kappa shape index (κ2) is 11.9. The van der Waals surface area contributed by atoms with Crippen LogP contribution in [-0.2, 0) is 6.54 Å². The van der Waals surface area contributed by atoms with Crippen molar-refractivity contribution in [1.29, 1.82) is 0 Å². The number of rotatable bonds is 8. The van der Waals surface area contributed by atoms with E-state index in [4.69, 9.17) is 26.8 Å². The van der Waals surface area contributed by atoms with E-state index in [-0.39, 0.29) is 24.0 Å². The highest BCUT2D eigenvalue weighted by Crippen LogP contribution is 2.27. The molecule has 2 aromatic rings. The molecule has 0 saturated heterocycles. The molecule has 2 aromatic carbocycles. The van der Waals surface area contributed by atoms with Crippen LogP contribution in [0.4, 0.5) is 5.69 Å². The summed E-state index contributed by atoms with van der Waals surface area (Å²) in [7, 11) is 1.57. The number of aliphatic imine (C=N–C) groups is 1. The smallest absolute Gasteiger partial charge is 0.193 e. The van der Waals surface area contributed by atoms with Crippen LogP contribution >= 0.6 is 35.6 Å². The second-order valence-electron chi connectivity index (χ2n) is 5.53. The number of guanidine groups is 1. The van der Waals surface area contributed by atoms with E-state index in [1.165, 1.54) is 0 Å². The molecule has 142 valence electrons. The SMILES string of the molecule is CCCCOc1cccc(CN=C(N)Nc2ccc(OC)c(Cl)c2)c1.I. The number of anilines is 1. The molecule has 0 bridgehead atoms. The topological polar surface area (TPSA) is 68.9 Å². The highest BCUT2D eigenvalue weighted by atomic mass is 127. The van der Waals surface area contributed by atoms with Gasteiger partial charge >= 0.3 is 0 Å². The molecule has 0 radical (unpaired) electrons. The lowest BCUT2D eigenvalue weighted by Crippen LogP contribution is -2.22. The summed E-state index contributed by atoms with van der Waals surface area (Å²) in [6, 6.07) is 13.2. The first-order valence-corrected chi connectivity index (χ1v) is 8.62. The Morgan fingerprint density at radius 2 is 2.04 bits per heavy atom. The Morgan fingerprint density at radius 1 is 1.23 bits per heavy atom. The summed E-state index contributed by atoms with van der Waals surface area (Å²) in [6.45, 7) is 3.33. The van der Waals surface area contributed by atoms with E-state index < -0.39 is 0 Å². The zero-order valence-corrected chi connectivity index (χ0v) is 18.1. The number of benzene rings is 2. The number of hydrogen-bond acceptors (Lipinski definition) is 3. The summed E-state index contributed by atoms with van der Waals surface area (Å²) < 4.78 is 10.8. The first kappa shape index (κ1) is 22.4. The van der Waals surface area contributed by atoms with Crippen molar-refractivity contribution in [3.63, 3.8) is 0 Å². The predicted octanol–water partition coefficient (Wildman–Crippen LogP) is 5.07. The lowest BCUT2D eigenvalue weighted by atomic mass is 10.2. The minimum atomic E-state index is 0. The summed E-state index contributed by atoms with van der Waals surface area (Å²) in [5.41, 5.74) is 7.73. The molecule has 0 aliphatic carbocycles. The lowest BCUT2D eigenvalue weighted by Gasteiger charge is -2.09. The molecule has 3 N–H and O–H groups in total. The van der Waals surface area contributed by atoms with E-state index in [2.05, 4.69) is 17.2 Å². The maximum atomic E-state index is 6.10. The number of nitrogens with zero attached hydrogens (tertiary/aromatic N) is 1. The summed E-state index contributed by atoms with van der Waals surface area (Å²) in [6.07, 6.45) is 2.16. The molecule has 0 fully saturated rings. The zero-order valence-electron chi connectivity index (χ0n) is 15.0. The average molecular weight is 490 g/mol. The molecule has 0 aliphatic heterocycles. The molecule has 26 heavy (non-hydrogen) atoms. The Labute approximate surface area is 177 Å². The Bertz CT molecular complexity index is 726. The van der Waals surface area contributed by atoms with Crippen LogP contribution in [0.2, 0.25) is 5.02 Å².